The topological polar surface area (TPSA) is 121 Å². The predicted octanol–water partition coefficient (Wildman–Crippen LogP) is 4.67. The van der Waals surface area contributed by atoms with Crippen molar-refractivity contribution in [2.75, 3.05) is 5.32 Å². The van der Waals surface area contributed by atoms with Gasteiger partial charge in [-0.2, -0.15) is 5.10 Å². The molecule has 1 N–H and O–H groups in total. The fourth-order valence-corrected chi connectivity index (χ4v) is 4.24. The first-order valence-corrected chi connectivity index (χ1v) is 11.7. The summed E-state index contributed by atoms with van der Waals surface area (Å²) in [6, 6.07) is 14.3. The molecule has 0 spiro atoms. The van der Waals surface area contributed by atoms with Crippen molar-refractivity contribution >= 4 is 29.2 Å². The summed E-state index contributed by atoms with van der Waals surface area (Å²) in [5.74, 6) is 0.0308. The molecule has 0 aliphatic heterocycles. The largest absolute Gasteiger partial charge is 0.311 e. The second kappa shape index (κ2) is 9.71. The molecule has 0 bridgehead atoms. The Bertz CT molecular complexity index is 1370. The summed E-state index contributed by atoms with van der Waals surface area (Å²) in [4.78, 5) is 24.4. The third-order valence-corrected chi connectivity index (χ3v) is 6.52. The molecule has 4 rings (SSSR count). The molecule has 0 unspecified atom stereocenters. The molecule has 4 aromatic rings. The minimum atomic E-state index is -0.513. The maximum Gasteiger partial charge on any atom is 0.284 e. The van der Waals surface area contributed by atoms with Crippen LogP contribution in [0.4, 0.5) is 11.5 Å². The van der Waals surface area contributed by atoms with Gasteiger partial charge in [0.2, 0.25) is 0 Å². The van der Waals surface area contributed by atoms with Crippen molar-refractivity contribution < 1.29 is 9.72 Å². The lowest BCUT2D eigenvalue weighted by Crippen LogP contribution is -2.16. The van der Waals surface area contributed by atoms with Crippen LogP contribution in [-0.4, -0.2) is 35.4 Å². The molecular weight excluding hydrogens is 466 g/mol. The number of hydrogen-bond donors (Lipinski definition) is 1. The number of anilines is 1. The van der Waals surface area contributed by atoms with Crippen LogP contribution in [0.2, 0.25) is 0 Å². The van der Waals surface area contributed by atoms with Gasteiger partial charge in [-0.1, -0.05) is 45.0 Å². The number of nitro groups is 1. The summed E-state index contributed by atoms with van der Waals surface area (Å²) in [5.41, 5.74) is 2.32. The zero-order valence-electron chi connectivity index (χ0n) is 19.8. The van der Waals surface area contributed by atoms with Gasteiger partial charge in [0, 0.05) is 24.7 Å². The first kappa shape index (κ1) is 24.1. The van der Waals surface area contributed by atoms with E-state index in [-0.39, 0.29) is 16.7 Å². The molecule has 1 amide bonds. The number of nitrogens with zero attached hydrogens (tertiary/aromatic N) is 6. The molecule has 0 aliphatic rings. The van der Waals surface area contributed by atoms with Gasteiger partial charge in [0.25, 0.3) is 11.6 Å². The van der Waals surface area contributed by atoms with Crippen molar-refractivity contribution in [1.82, 2.24) is 24.5 Å². The molecular formula is C24H25N7O3S. The van der Waals surface area contributed by atoms with Crippen molar-refractivity contribution in [3.8, 4) is 0 Å². The number of rotatable bonds is 7. The molecule has 180 valence electrons. The van der Waals surface area contributed by atoms with E-state index in [1.54, 1.807) is 40.7 Å². The van der Waals surface area contributed by atoms with E-state index in [4.69, 9.17) is 0 Å². The SMILES string of the molecule is Cn1cnnc1Sc1ccc(C(=O)Nc2ccnn2Cc2ccc(C(C)(C)C)cc2)cc1[N+](=O)[O-]. The number of aromatic nitrogens is 5. The van der Waals surface area contributed by atoms with Gasteiger partial charge in [-0.05, 0) is 40.4 Å². The van der Waals surface area contributed by atoms with Crippen LogP contribution >= 0.6 is 11.8 Å². The van der Waals surface area contributed by atoms with Gasteiger partial charge < -0.3 is 9.88 Å². The van der Waals surface area contributed by atoms with E-state index in [9.17, 15) is 14.9 Å². The van der Waals surface area contributed by atoms with Gasteiger partial charge >= 0.3 is 0 Å². The van der Waals surface area contributed by atoms with E-state index < -0.39 is 10.8 Å². The first-order chi connectivity index (χ1) is 16.6. The maximum atomic E-state index is 12.9. The average Bonchev–Trinajstić information content (AvgIpc) is 3.42. The van der Waals surface area contributed by atoms with Gasteiger partial charge in [0.1, 0.15) is 12.1 Å². The minimum absolute atomic E-state index is 0.0638. The highest BCUT2D eigenvalue weighted by Gasteiger charge is 2.21. The molecule has 2 aromatic heterocycles. The van der Waals surface area contributed by atoms with E-state index in [0.717, 1.165) is 17.3 Å². The average molecular weight is 492 g/mol. The van der Waals surface area contributed by atoms with Gasteiger partial charge in [-0.25, -0.2) is 4.68 Å². The molecule has 2 heterocycles. The number of nitro benzene ring substituents is 1. The number of amides is 1. The molecule has 0 fully saturated rings. The summed E-state index contributed by atoms with van der Waals surface area (Å²) in [6.07, 6.45) is 3.11. The van der Waals surface area contributed by atoms with E-state index in [0.29, 0.717) is 22.4 Å². The van der Waals surface area contributed by atoms with Gasteiger partial charge in [-0.15, -0.1) is 10.2 Å². The fourth-order valence-electron chi connectivity index (χ4n) is 3.39. The van der Waals surface area contributed by atoms with Crippen LogP contribution in [-0.2, 0) is 19.0 Å². The lowest BCUT2D eigenvalue weighted by Gasteiger charge is -2.19. The fraction of sp³-hybridized carbons (Fsp3) is 0.250. The Balaban J connectivity index is 1.50. The van der Waals surface area contributed by atoms with E-state index in [2.05, 4.69) is 53.5 Å². The quantitative estimate of drug-likeness (QED) is 0.295. The Morgan fingerprint density at radius 3 is 2.51 bits per heavy atom. The second-order valence-electron chi connectivity index (χ2n) is 9.04. The summed E-state index contributed by atoms with van der Waals surface area (Å²) in [6.45, 7) is 6.96. The van der Waals surface area contributed by atoms with Crippen molar-refractivity contribution in [2.45, 2.75) is 42.8 Å². The van der Waals surface area contributed by atoms with Crippen LogP contribution < -0.4 is 5.32 Å². The van der Waals surface area contributed by atoms with Crippen LogP contribution in [0.25, 0.3) is 0 Å². The van der Waals surface area contributed by atoms with Crippen molar-refractivity contribution in [3.05, 3.63) is 87.9 Å². The van der Waals surface area contributed by atoms with Crippen molar-refractivity contribution in [3.63, 3.8) is 0 Å². The first-order valence-electron chi connectivity index (χ1n) is 10.8. The van der Waals surface area contributed by atoms with Crippen molar-refractivity contribution in [1.29, 1.82) is 0 Å². The van der Waals surface area contributed by atoms with Crippen LogP contribution in [0.15, 0.2) is 71.1 Å². The van der Waals surface area contributed by atoms with E-state index in [1.165, 1.54) is 18.0 Å². The molecule has 0 saturated carbocycles. The number of carbonyl (C=O) groups excluding carboxylic acids is 1. The molecule has 0 radical (unpaired) electrons. The predicted molar refractivity (Wildman–Crippen MR) is 133 cm³/mol. The zero-order valence-corrected chi connectivity index (χ0v) is 20.6. The monoisotopic (exact) mass is 491 g/mol. The third-order valence-electron chi connectivity index (χ3n) is 5.40. The Morgan fingerprint density at radius 1 is 1.14 bits per heavy atom. The van der Waals surface area contributed by atoms with Crippen LogP contribution in [0.3, 0.4) is 0 Å². The Kier molecular flexibility index (Phi) is 6.70. The zero-order chi connectivity index (χ0) is 25.2. The Labute approximate surface area is 206 Å². The molecule has 11 heteroatoms. The van der Waals surface area contributed by atoms with E-state index >= 15 is 0 Å². The summed E-state index contributed by atoms with van der Waals surface area (Å²) >= 11 is 1.11. The molecule has 10 nitrogen and oxygen atoms in total. The normalized spacial score (nSPS) is 11.4. The molecule has 0 aliphatic carbocycles. The lowest BCUT2D eigenvalue weighted by molar-refractivity contribution is -0.387. The number of benzene rings is 2. The van der Waals surface area contributed by atoms with E-state index in [1.807, 2.05) is 12.1 Å². The van der Waals surface area contributed by atoms with Crippen LogP contribution in [0, 0.1) is 10.1 Å². The van der Waals surface area contributed by atoms with Gasteiger partial charge in [0.15, 0.2) is 5.16 Å². The number of aryl methyl sites for hydroxylation is 1. The highest BCUT2D eigenvalue weighted by atomic mass is 32.2. The minimum Gasteiger partial charge on any atom is -0.311 e. The van der Waals surface area contributed by atoms with Gasteiger partial charge in [0.05, 0.1) is 22.6 Å². The standard InChI is InChI=1S/C24H25N7O3S/c1-24(2,3)18-8-5-16(6-9-18)14-30-21(11-12-26-30)27-22(32)17-7-10-20(19(13-17)31(33)34)35-23-28-25-15-29(23)4/h5-13,15H,14H2,1-4H3,(H,27,32). The van der Waals surface area contributed by atoms with Crippen LogP contribution in [0.5, 0.6) is 0 Å². The smallest absolute Gasteiger partial charge is 0.284 e. The van der Waals surface area contributed by atoms with Crippen LogP contribution in [0.1, 0.15) is 42.3 Å². The summed E-state index contributed by atoms with van der Waals surface area (Å²) < 4.78 is 3.34. The second-order valence-corrected chi connectivity index (χ2v) is 10.1. The molecule has 2 aromatic carbocycles. The highest BCUT2D eigenvalue weighted by Crippen LogP contribution is 2.34. The van der Waals surface area contributed by atoms with Crippen molar-refractivity contribution in [2.24, 2.45) is 7.05 Å². The Morgan fingerprint density at radius 2 is 1.89 bits per heavy atom. The molecule has 35 heavy (non-hydrogen) atoms. The molecule has 0 saturated heterocycles. The third kappa shape index (κ3) is 5.57. The number of carbonyl (C=O) groups is 1. The number of hydrogen-bond acceptors (Lipinski definition) is 7. The maximum absolute atomic E-state index is 12.9. The Hall–Kier alpha value is -3.99. The summed E-state index contributed by atoms with van der Waals surface area (Å²) in [7, 11) is 1.75. The van der Waals surface area contributed by atoms with Gasteiger partial charge in [-0.3, -0.25) is 14.9 Å². The highest BCUT2D eigenvalue weighted by molar-refractivity contribution is 7.99. The molecule has 0 atom stereocenters. The lowest BCUT2D eigenvalue weighted by atomic mass is 9.87. The number of nitrogens with one attached hydrogen (secondary N) is 1. The summed E-state index contributed by atoms with van der Waals surface area (Å²) in [5, 5.41) is 27.0.